The van der Waals surface area contributed by atoms with E-state index in [1.807, 2.05) is 41.0 Å². The lowest BCUT2D eigenvalue weighted by molar-refractivity contribution is -0.116. The predicted molar refractivity (Wildman–Crippen MR) is 113 cm³/mol. The fourth-order valence-corrected chi connectivity index (χ4v) is 3.26. The fourth-order valence-electron chi connectivity index (χ4n) is 3.26. The molecule has 0 spiro atoms. The van der Waals surface area contributed by atoms with Gasteiger partial charge < -0.3 is 14.6 Å². The van der Waals surface area contributed by atoms with Gasteiger partial charge in [0, 0.05) is 24.7 Å². The number of methoxy groups -OCH3 is 1. The SMILES string of the molecule is COc1ccc(Cn2c(CCC(=O)Nc3ccc(F)cc3)nc3cccnc32)cc1. The Morgan fingerprint density at radius 2 is 1.87 bits per heavy atom. The number of ether oxygens (including phenoxy) is 1. The Balaban J connectivity index is 1.51. The molecule has 4 rings (SSSR count). The van der Waals surface area contributed by atoms with Gasteiger partial charge in [0.1, 0.15) is 22.9 Å². The molecule has 0 aliphatic carbocycles. The zero-order valence-corrected chi connectivity index (χ0v) is 16.5. The number of carbonyl (C=O) groups is 1. The van der Waals surface area contributed by atoms with Gasteiger partial charge in [0.25, 0.3) is 0 Å². The summed E-state index contributed by atoms with van der Waals surface area (Å²) in [5, 5.41) is 2.78. The van der Waals surface area contributed by atoms with Gasteiger partial charge in [-0.2, -0.15) is 0 Å². The van der Waals surface area contributed by atoms with Gasteiger partial charge in [-0.05, 0) is 54.1 Å². The summed E-state index contributed by atoms with van der Waals surface area (Å²) in [6.45, 7) is 0.590. The van der Waals surface area contributed by atoms with Crippen LogP contribution in [0.3, 0.4) is 0 Å². The summed E-state index contributed by atoms with van der Waals surface area (Å²) in [6, 6.07) is 17.3. The van der Waals surface area contributed by atoms with E-state index in [-0.39, 0.29) is 18.1 Å². The third-order valence-electron chi connectivity index (χ3n) is 4.79. The van der Waals surface area contributed by atoms with Gasteiger partial charge >= 0.3 is 0 Å². The summed E-state index contributed by atoms with van der Waals surface area (Å²) in [5.74, 6) is 1.09. The predicted octanol–water partition coefficient (Wildman–Crippen LogP) is 4.20. The molecular formula is C23H21FN4O2. The van der Waals surface area contributed by atoms with Crippen molar-refractivity contribution in [3.8, 4) is 5.75 Å². The summed E-state index contributed by atoms with van der Waals surface area (Å²) < 4.78 is 20.3. The fraction of sp³-hybridized carbons (Fsp3) is 0.174. The second kappa shape index (κ2) is 8.73. The Hall–Kier alpha value is -3.74. The molecule has 0 saturated carbocycles. The number of nitrogens with one attached hydrogen (secondary N) is 1. The minimum absolute atomic E-state index is 0.155. The van der Waals surface area contributed by atoms with Crippen molar-refractivity contribution in [1.29, 1.82) is 0 Å². The monoisotopic (exact) mass is 404 g/mol. The molecule has 1 amide bonds. The number of rotatable bonds is 7. The number of pyridine rings is 1. The van der Waals surface area contributed by atoms with Gasteiger partial charge in [-0.15, -0.1) is 0 Å². The van der Waals surface area contributed by atoms with Crippen LogP contribution in [-0.4, -0.2) is 27.6 Å². The number of carbonyl (C=O) groups excluding carboxylic acids is 1. The van der Waals surface area contributed by atoms with E-state index in [1.54, 1.807) is 13.3 Å². The van der Waals surface area contributed by atoms with E-state index >= 15 is 0 Å². The van der Waals surface area contributed by atoms with E-state index in [0.717, 1.165) is 28.3 Å². The molecule has 152 valence electrons. The van der Waals surface area contributed by atoms with E-state index in [4.69, 9.17) is 4.74 Å². The number of nitrogens with zero attached hydrogens (tertiary/aromatic N) is 3. The van der Waals surface area contributed by atoms with Crippen molar-refractivity contribution < 1.29 is 13.9 Å². The molecule has 0 radical (unpaired) electrons. The number of fused-ring (bicyclic) bond motifs is 1. The second-order valence-electron chi connectivity index (χ2n) is 6.86. The Bertz CT molecular complexity index is 1150. The molecule has 2 aromatic heterocycles. The lowest BCUT2D eigenvalue weighted by Gasteiger charge is -2.10. The topological polar surface area (TPSA) is 69.0 Å². The third kappa shape index (κ3) is 4.46. The molecule has 7 heteroatoms. The first-order valence-electron chi connectivity index (χ1n) is 9.61. The van der Waals surface area contributed by atoms with Crippen LogP contribution >= 0.6 is 0 Å². The van der Waals surface area contributed by atoms with E-state index in [1.165, 1.54) is 24.3 Å². The molecule has 2 heterocycles. The van der Waals surface area contributed by atoms with Crippen molar-refractivity contribution >= 4 is 22.8 Å². The third-order valence-corrected chi connectivity index (χ3v) is 4.79. The van der Waals surface area contributed by atoms with Crippen molar-refractivity contribution in [3.63, 3.8) is 0 Å². The van der Waals surface area contributed by atoms with Crippen LogP contribution in [0.15, 0.2) is 66.9 Å². The molecule has 0 unspecified atom stereocenters. The van der Waals surface area contributed by atoms with Crippen molar-refractivity contribution in [2.45, 2.75) is 19.4 Å². The Kier molecular flexibility index (Phi) is 5.70. The highest BCUT2D eigenvalue weighted by Crippen LogP contribution is 2.19. The first kappa shape index (κ1) is 19.6. The van der Waals surface area contributed by atoms with Gasteiger partial charge in [0.2, 0.25) is 5.91 Å². The van der Waals surface area contributed by atoms with Crippen LogP contribution in [0.1, 0.15) is 17.8 Å². The molecule has 0 saturated heterocycles. The van der Waals surface area contributed by atoms with Crippen molar-refractivity contribution in [2.75, 3.05) is 12.4 Å². The molecule has 30 heavy (non-hydrogen) atoms. The number of imidazole rings is 1. The normalized spacial score (nSPS) is 10.9. The number of hydrogen-bond donors (Lipinski definition) is 1. The van der Waals surface area contributed by atoms with Gasteiger partial charge in [-0.1, -0.05) is 12.1 Å². The number of aryl methyl sites for hydroxylation is 1. The maximum atomic E-state index is 13.0. The largest absolute Gasteiger partial charge is 0.497 e. The zero-order chi connectivity index (χ0) is 20.9. The number of anilines is 1. The van der Waals surface area contributed by atoms with E-state index < -0.39 is 0 Å². The Labute approximate surface area is 173 Å². The maximum absolute atomic E-state index is 13.0. The van der Waals surface area contributed by atoms with Gasteiger partial charge in [-0.25, -0.2) is 14.4 Å². The average Bonchev–Trinajstić information content (AvgIpc) is 3.12. The van der Waals surface area contributed by atoms with Crippen LogP contribution in [0.5, 0.6) is 5.75 Å². The van der Waals surface area contributed by atoms with Gasteiger partial charge in [0.05, 0.1) is 13.7 Å². The molecule has 4 aromatic rings. The number of benzene rings is 2. The summed E-state index contributed by atoms with van der Waals surface area (Å²) in [4.78, 5) is 21.5. The summed E-state index contributed by atoms with van der Waals surface area (Å²) in [6.07, 6.45) is 2.45. The number of aromatic nitrogens is 3. The summed E-state index contributed by atoms with van der Waals surface area (Å²) in [7, 11) is 1.64. The van der Waals surface area contributed by atoms with Crippen LogP contribution in [0.4, 0.5) is 10.1 Å². The van der Waals surface area contributed by atoms with E-state index in [9.17, 15) is 9.18 Å². The zero-order valence-electron chi connectivity index (χ0n) is 16.5. The quantitative estimate of drug-likeness (QED) is 0.501. The first-order valence-corrected chi connectivity index (χ1v) is 9.61. The van der Waals surface area contributed by atoms with Crippen molar-refractivity contribution in [3.05, 3.63) is 84.1 Å². The minimum atomic E-state index is -0.340. The van der Waals surface area contributed by atoms with Crippen LogP contribution < -0.4 is 10.1 Å². The van der Waals surface area contributed by atoms with Crippen LogP contribution in [0.2, 0.25) is 0 Å². The molecule has 0 fully saturated rings. The molecule has 6 nitrogen and oxygen atoms in total. The van der Waals surface area contributed by atoms with E-state index in [0.29, 0.717) is 18.7 Å². The second-order valence-corrected chi connectivity index (χ2v) is 6.86. The smallest absolute Gasteiger partial charge is 0.224 e. The van der Waals surface area contributed by atoms with Crippen LogP contribution in [0.25, 0.3) is 11.2 Å². The first-order chi connectivity index (χ1) is 14.6. The lowest BCUT2D eigenvalue weighted by Crippen LogP contribution is -2.14. The highest BCUT2D eigenvalue weighted by Gasteiger charge is 2.14. The van der Waals surface area contributed by atoms with Gasteiger partial charge in [0.15, 0.2) is 5.65 Å². The van der Waals surface area contributed by atoms with Crippen LogP contribution in [0, 0.1) is 5.82 Å². The lowest BCUT2D eigenvalue weighted by atomic mass is 10.2. The summed E-state index contributed by atoms with van der Waals surface area (Å²) >= 11 is 0. The summed E-state index contributed by atoms with van der Waals surface area (Å²) in [5.41, 5.74) is 3.22. The molecule has 0 bridgehead atoms. The van der Waals surface area contributed by atoms with Crippen LogP contribution in [-0.2, 0) is 17.8 Å². The highest BCUT2D eigenvalue weighted by molar-refractivity contribution is 5.90. The van der Waals surface area contributed by atoms with Crippen molar-refractivity contribution in [2.24, 2.45) is 0 Å². The molecule has 0 atom stereocenters. The molecule has 0 aliphatic heterocycles. The molecule has 2 aromatic carbocycles. The molecular weight excluding hydrogens is 383 g/mol. The highest BCUT2D eigenvalue weighted by atomic mass is 19.1. The molecule has 1 N–H and O–H groups in total. The van der Waals surface area contributed by atoms with Crippen molar-refractivity contribution in [1.82, 2.24) is 14.5 Å². The molecule has 0 aliphatic rings. The Morgan fingerprint density at radius 3 is 2.60 bits per heavy atom. The standard InChI is InChI=1S/C23H21FN4O2/c1-30-19-10-4-16(5-11-19)15-28-21(27-20-3-2-14-25-23(20)28)12-13-22(29)26-18-8-6-17(24)7-9-18/h2-11,14H,12-13,15H2,1H3,(H,26,29). The maximum Gasteiger partial charge on any atom is 0.224 e. The van der Waals surface area contributed by atoms with E-state index in [2.05, 4.69) is 15.3 Å². The minimum Gasteiger partial charge on any atom is -0.497 e. The average molecular weight is 404 g/mol. The number of amides is 1. The number of halogens is 1. The van der Waals surface area contributed by atoms with Gasteiger partial charge in [-0.3, -0.25) is 4.79 Å². The Morgan fingerprint density at radius 1 is 1.10 bits per heavy atom. The number of hydrogen-bond acceptors (Lipinski definition) is 4.